The van der Waals surface area contributed by atoms with Crippen molar-refractivity contribution in [2.24, 2.45) is 5.92 Å². The maximum Gasteiger partial charge on any atom is 0.257 e. The second-order valence-electron chi connectivity index (χ2n) is 8.92. The Hall–Kier alpha value is -2.12. The van der Waals surface area contributed by atoms with Gasteiger partial charge in [-0.15, -0.1) is 12.4 Å². The van der Waals surface area contributed by atoms with Crippen LogP contribution in [0.5, 0.6) is 0 Å². The van der Waals surface area contributed by atoms with Gasteiger partial charge in [0.25, 0.3) is 5.89 Å². The normalized spacial score (nSPS) is 22.7. The lowest BCUT2D eigenvalue weighted by Gasteiger charge is -2.36. The van der Waals surface area contributed by atoms with Crippen molar-refractivity contribution in [1.29, 1.82) is 0 Å². The van der Waals surface area contributed by atoms with Crippen molar-refractivity contribution in [3.05, 3.63) is 30.1 Å². The first-order valence-electron chi connectivity index (χ1n) is 11.4. The van der Waals surface area contributed by atoms with Crippen molar-refractivity contribution in [2.45, 2.75) is 45.1 Å². The molecule has 0 N–H and O–H groups in total. The minimum atomic E-state index is 0. The third-order valence-electron chi connectivity index (χ3n) is 6.98. The Morgan fingerprint density at radius 3 is 2.48 bits per heavy atom. The molecule has 168 valence electrons. The standard InChI is InChI=1S/C23H31N5O2.ClH/c1-17-24-22(30-25-17)18-6-8-21(9-7-18)28-13-10-19(16-28)23(29)27-12-3-11-26(14-15-27)20-4-2-5-20;/h6-9,19-20H,2-5,10-16H2,1H3;1H/t19-;/m0./s1. The van der Waals surface area contributed by atoms with E-state index in [4.69, 9.17) is 4.52 Å². The molecular weight excluding hydrogens is 414 g/mol. The zero-order valence-electron chi connectivity index (χ0n) is 18.2. The predicted molar refractivity (Wildman–Crippen MR) is 122 cm³/mol. The van der Waals surface area contributed by atoms with Crippen molar-refractivity contribution < 1.29 is 9.32 Å². The lowest BCUT2D eigenvalue weighted by Crippen LogP contribution is -2.43. The summed E-state index contributed by atoms with van der Waals surface area (Å²) in [5, 5.41) is 3.85. The van der Waals surface area contributed by atoms with E-state index in [1.54, 1.807) is 0 Å². The Morgan fingerprint density at radius 2 is 1.81 bits per heavy atom. The molecular formula is C23H32ClN5O2. The molecule has 2 saturated heterocycles. The summed E-state index contributed by atoms with van der Waals surface area (Å²) in [5.41, 5.74) is 2.07. The smallest absolute Gasteiger partial charge is 0.257 e. The topological polar surface area (TPSA) is 65.7 Å². The number of carbonyl (C=O) groups is 1. The molecule has 1 aromatic carbocycles. The number of aromatic nitrogens is 2. The molecule has 1 atom stereocenters. The van der Waals surface area contributed by atoms with Gasteiger partial charge in [0, 0.05) is 56.6 Å². The molecule has 31 heavy (non-hydrogen) atoms. The highest BCUT2D eigenvalue weighted by molar-refractivity contribution is 5.85. The molecule has 7 nitrogen and oxygen atoms in total. The molecule has 1 aromatic heterocycles. The van der Waals surface area contributed by atoms with Crippen molar-refractivity contribution >= 4 is 24.0 Å². The van der Waals surface area contributed by atoms with Gasteiger partial charge in [0.05, 0.1) is 5.92 Å². The van der Waals surface area contributed by atoms with Gasteiger partial charge in [-0.25, -0.2) is 0 Å². The first-order valence-corrected chi connectivity index (χ1v) is 11.4. The highest BCUT2D eigenvalue weighted by Crippen LogP contribution is 2.29. The molecule has 3 aliphatic rings. The van der Waals surface area contributed by atoms with E-state index in [0.717, 1.165) is 69.4 Å². The number of carbonyl (C=O) groups excluding carboxylic acids is 1. The quantitative estimate of drug-likeness (QED) is 0.718. The molecule has 5 rings (SSSR count). The molecule has 1 amide bonds. The van der Waals surface area contributed by atoms with Crippen molar-refractivity contribution in [1.82, 2.24) is 19.9 Å². The third kappa shape index (κ3) is 4.72. The van der Waals surface area contributed by atoms with Crippen molar-refractivity contribution in [3.8, 4) is 11.5 Å². The highest BCUT2D eigenvalue weighted by Gasteiger charge is 2.33. The molecule has 3 fully saturated rings. The van der Waals surface area contributed by atoms with Crippen LogP contribution in [0, 0.1) is 12.8 Å². The number of anilines is 1. The molecule has 0 bridgehead atoms. The number of nitrogens with zero attached hydrogens (tertiary/aromatic N) is 5. The monoisotopic (exact) mass is 445 g/mol. The Kier molecular flexibility index (Phi) is 6.82. The Morgan fingerprint density at radius 1 is 1.00 bits per heavy atom. The van der Waals surface area contributed by atoms with Gasteiger partial charge >= 0.3 is 0 Å². The lowest BCUT2D eigenvalue weighted by atomic mass is 9.91. The summed E-state index contributed by atoms with van der Waals surface area (Å²) in [6.45, 7) is 7.55. The average molecular weight is 446 g/mol. The Bertz CT molecular complexity index is 882. The fourth-order valence-electron chi connectivity index (χ4n) is 4.96. The molecule has 0 spiro atoms. The van der Waals surface area contributed by atoms with Gasteiger partial charge in [-0.3, -0.25) is 9.69 Å². The van der Waals surface area contributed by atoms with E-state index in [1.807, 2.05) is 19.1 Å². The number of aryl methyl sites for hydroxylation is 1. The van der Waals surface area contributed by atoms with Crippen LogP contribution in [0.15, 0.2) is 28.8 Å². The van der Waals surface area contributed by atoms with E-state index in [-0.39, 0.29) is 18.3 Å². The maximum atomic E-state index is 13.2. The van der Waals surface area contributed by atoms with Crippen molar-refractivity contribution in [2.75, 3.05) is 44.2 Å². The van der Waals surface area contributed by atoms with Crippen LogP contribution in [0.4, 0.5) is 5.69 Å². The number of halogens is 1. The van der Waals surface area contributed by atoms with E-state index in [1.165, 1.54) is 19.3 Å². The van der Waals surface area contributed by atoms with E-state index >= 15 is 0 Å². The summed E-state index contributed by atoms with van der Waals surface area (Å²) < 4.78 is 5.25. The van der Waals surface area contributed by atoms with Gasteiger partial charge in [0.2, 0.25) is 5.91 Å². The van der Waals surface area contributed by atoms with E-state index in [2.05, 4.69) is 37.0 Å². The van der Waals surface area contributed by atoms with Crippen LogP contribution in [0.25, 0.3) is 11.5 Å². The van der Waals surface area contributed by atoms with Crippen LogP contribution in [-0.2, 0) is 4.79 Å². The van der Waals surface area contributed by atoms with Crippen LogP contribution in [0.3, 0.4) is 0 Å². The average Bonchev–Trinajstić information content (AvgIpc) is 3.32. The SMILES string of the molecule is Cc1noc(-c2ccc(N3CC[C@H](C(=O)N4CCCN(C5CCC5)CC4)C3)cc2)n1.Cl. The van der Waals surface area contributed by atoms with Crippen LogP contribution in [-0.4, -0.2) is 71.2 Å². The van der Waals surface area contributed by atoms with Gasteiger partial charge in [0.15, 0.2) is 5.82 Å². The minimum Gasteiger partial charge on any atom is -0.371 e. The van der Waals surface area contributed by atoms with Gasteiger partial charge < -0.3 is 14.3 Å². The summed E-state index contributed by atoms with van der Waals surface area (Å²) in [6.07, 6.45) is 6.10. The summed E-state index contributed by atoms with van der Waals surface area (Å²) in [4.78, 5) is 24.5. The number of hydrogen-bond donors (Lipinski definition) is 0. The van der Waals surface area contributed by atoms with Gasteiger partial charge in [-0.2, -0.15) is 4.98 Å². The summed E-state index contributed by atoms with van der Waals surface area (Å²) in [5.74, 6) is 1.65. The lowest BCUT2D eigenvalue weighted by molar-refractivity contribution is -0.134. The molecule has 0 radical (unpaired) electrons. The minimum absolute atomic E-state index is 0. The van der Waals surface area contributed by atoms with Crippen LogP contribution >= 0.6 is 12.4 Å². The Balaban J connectivity index is 0.00000231. The number of benzene rings is 1. The first-order chi connectivity index (χ1) is 14.7. The molecule has 1 aliphatic carbocycles. The predicted octanol–water partition coefficient (Wildman–Crippen LogP) is 3.38. The zero-order valence-corrected chi connectivity index (χ0v) is 19.0. The molecule has 0 unspecified atom stereocenters. The van der Waals surface area contributed by atoms with E-state index in [0.29, 0.717) is 17.6 Å². The number of rotatable bonds is 4. The van der Waals surface area contributed by atoms with Gasteiger partial charge in [-0.1, -0.05) is 11.6 Å². The molecule has 8 heteroatoms. The van der Waals surface area contributed by atoms with E-state index < -0.39 is 0 Å². The molecule has 2 aliphatic heterocycles. The summed E-state index contributed by atoms with van der Waals surface area (Å²) in [7, 11) is 0. The zero-order chi connectivity index (χ0) is 20.5. The fraction of sp³-hybridized carbons (Fsp3) is 0.609. The molecule has 3 heterocycles. The number of hydrogen-bond acceptors (Lipinski definition) is 6. The van der Waals surface area contributed by atoms with Crippen LogP contribution in [0.2, 0.25) is 0 Å². The number of amides is 1. The molecule has 1 saturated carbocycles. The highest BCUT2D eigenvalue weighted by atomic mass is 35.5. The summed E-state index contributed by atoms with van der Waals surface area (Å²) >= 11 is 0. The third-order valence-corrected chi connectivity index (χ3v) is 6.98. The first kappa shape index (κ1) is 22.1. The largest absolute Gasteiger partial charge is 0.371 e. The Labute approximate surface area is 190 Å². The van der Waals surface area contributed by atoms with Crippen LogP contribution < -0.4 is 4.90 Å². The van der Waals surface area contributed by atoms with Gasteiger partial charge in [-0.05, 0) is 56.9 Å². The second-order valence-corrected chi connectivity index (χ2v) is 8.92. The second kappa shape index (κ2) is 9.57. The maximum absolute atomic E-state index is 13.2. The summed E-state index contributed by atoms with van der Waals surface area (Å²) in [6, 6.07) is 8.98. The molecule has 2 aromatic rings. The van der Waals surface area contributed by atoms with Gasteiger partial charge in [0.1, 0.15) is 0 Å². The fourth-order valence-corrected chi connectivity index (χ4v) is 4.96. The van der Waals surface area contributed by atoms with Crippen LogP contribution in [0.1, 0.15) is 37.9 Å². The van der Waals surface area contributed by atoms with E-state index in [9.17, 15) is 4.79 Å². The van der Waals surface area contributed by atoms with Crippen molar-refractivity contribution in [3.63, 3.8) is 0 Å².